The van der Waals surface area contributed by atoms with Crippen LogP contribution >= 0.6 is 15.9 Å². The third-order valence-electron chi connectivity index (χ3n) is 2.73. The molecule has 0 N–H and O–H groups in total. The fourth-order valence-corrected chi connectivity index (χ4v) is 2.32. The van der Waals surface area contributed by atoms with Crippen molar-refractivity contribution in [2.24, 2.45) is 0 Å². The number of rotatable bonds is 4. The summed E-state index contributed by atoms with van der Waals surface area (Å²) in [6, 6.07) is 4.38. The number of nitro benzene ring substituents is 1. The van der Waals surface area contributed by atoms with Crippen molar-refractivity contribution >= 4 is 38.5 Å². The van der Waals surface area contributed by atoms with Gasteiger partial charge in [0, 0.05) is 11.5 Å². The quantitative estimate of drug-likeness (QED) is 0.475. The van der Waals surface area contributed by atoms with Gasteiger partial charge < -0.3 is 9.47 Å². The number of fused-ring (bicyclic) bond motifs is 1. The van der Waals surface area contributed by atoms with E-state index in [0.717, 1.165) is 0 Å². The van der Waals surface area contributed by atoms with Crippen LogP contribution in [0.4, 0.5) is 5.69 Å². The summed E-state index contributed by atoms with van der Waals surface area (Å²) in [4.78, 5) is 26.4. The minimum absolute atomic E-state index is 0.0672. The summed E-state index contributed by atoms with van der Waals surface area (Å²) < 4.78 is 10.3. The second kappa shape index (κ2) is 6.04. The van der Waals surface area contributed by atoms with Gasteiger partial charge in [-0.15, -0.1) is 0 Å². The second-order valence-corrected chi connectivity index (χ2v) is 4.87. The van der Waals surface area contributed by atoms with E-state index in [1.165, 1.54) is 25.3 Å². The van der Waals surface area contributed by atoms with Crippen LogP contribution in [0.15, 0.2) is 22.7 Å². The number of benzene rings is 1. The molecule has 2 rings (SSSR count). The van der Waals surface area contributed by atoms with Crippen molar-refractivity contribution in [3.05, 3.63) is 38.3 Å². The lowest BCUT2D eigenvalue weighted by Gasteiger charge is -2.09. The highest BCUT2D eigenvalue weighted by molar-refractivity contribution is 9.10. The largest absolute Gasteiger partial charge is 0.480 e. The Labute approximate surface area is 128 Å². The third-order valence-corrected chi connectivity index (χ3v) is 3.37. The van der Waals surface area contributed by atoms with Crippen molar-refractivity contribution in [1.82, 2.24) is 4.98 Å². The van der Waals surface area contributed by atoms with Crippen LogP contribution in [0.3, 0.4) is 0 Å². The van der Waals surface area contributed by atoms with Crippen LogP contribution in [0.2, 0.25) is 0 Å². The van der Waals surface area contributed by atoms with Crippen molar-refractivity contribution < 1.29 is 19.2 Å². The molecule has 0 spiro atoms. The molecule has 110 valence electrons. The van der Waals surface area contributed by atoms with Gasteiger partial charge in [0.15, 0.2) is 0 Å². The first-order valence-corrected chi connectivity index (χ1v) is 6.77. The maximum Gasteiger partial charge on any atom is 0.343 e. The van der Waals surface area contributed by atoms with Crippen LogP contribution in [0.25, 0.3) is 10.9 Å². The molecular weight excluding hydrogens is 344 g/mol. The molecule has 0 radical (unpaired) electrons. The normalized spacial score (nSPS) is 10.4. The topological polar surface area (TPSA) is 91.6 Å². The number of carbonyl (C=O) groups is 1. The first kappa shape index (κ1) is 15.2. The number of hydrogen-bond donors (Lipinski definition) is 0. The number of pyridine rings is 1. The number of ether oxygens (including phenoxy) is 2. The zero-order chi connectivity index (χ0) is 15.6. The Morgan fingerprint density at radius 2 is 2.14 bits per heavy atom. The molecule has 1 aromatic carbocycles. The number of aromatic nitrogens is 1. The van der Waals surface area contributed by atoms with Gasteiger partial charge in [0.05, 0.1) is 28.6 Å². The summed E-state index contributed by atoms with van der Waals surface area (Å²) >= 11 is 3.13. The van der Waals surface area contributed by atoms with Crippen LogP contribution in [0, 0.1) is 10.1 Å². The number of methoxy groups -OCH3 is 1. The number of hydrogen-bond acceptors (Lipinski definition) is 6. The monoisotopic (exact) mass is 354 g/mol. The van der Waals surface area contributed by atoms with Crippen LogP contribution in [0.1, 0.15) is 17.3 Å². The Kier molecular flexibility index (Phi) is 4.37. The Hall–Kier alpha value is -2.22. The third kappa shape index (κ3) is 2.94. The standard InChI is InChI=1S/C13H11BrN2O5/c1-3-21-13(17)8-4-7-5-9(14)11(16(18)19)6-10(7)15-12(8)20-2/h4-6H,3H2,1-2H3. The molecule has 7 nitrogen and oxygen atoms in total. The first-order chi connectivity index (χ1) is 9.97. The van der Waals surface area contributed by atoms with E-state index < -0.39 is 10.9 Å². The van der Waals surface area contributed by atoms with Gasteiger partial charge in [-0.05, 0) is 35.0 Å². The lowest BCUT2D eigenvalue weighted by Crippen LogP contribution is -2.08. The zero-order valence-electron chi connectivity index (χ0n) is 11.3. The number of esters is 1. The first-order valence-electron chi connectivity index (χ1n) is 5.97. The summed E-state index contributed by atoms with van der Waals surface area (Å²) in [6.07, 6.45) is 0. The maximum absolute atomic E-state index is 11.9. The van der Waals surface area contributed by atoms with Gasteiger partial charge in [0.1, 0.15) is 5.56 Å². The van der Waals surface area contributed by atoms with Gasteiger partial charge in [-0.3, -0.25) is 10.1 Å². The van der Waals surface area contributed by atoms with E-state index >= 15 is 0 Å². The smallest absolute Gasteiger partial charge is 0.343 e. The number of carbonyl (C=O) groups excluding carboxylic acids is 1. The fraction of sp³-hybridized carbons (Fsp3) is 0.231. The molecule has 0 aliphatic rings. The average molecular weight is 355 g/mol. The summed E-state index contributed by atoms with van der Waals surface area (Å²) in [5.41, 5.74) is 0.420. The molecule has 0 bridgehead atoms. The van der Waals surface area contributed by atoms with E-state index in [9.17, 15) is 14.9 Å². The summed E-state index contributed by atoms with van der Waals surface area (Å²) in [6.45, 7) is 1.92. The van der Waals surface area contributed by atoms with Gasteiger partial charge in [-0.2, -0.15) is 0 Å². The van der Waals surface area contributed by atoms with Crippen molar-refractivity contribution in [3.8, 4) is 5.88 Å². The summed E-state index contributed by atoms with van der Waals surface area (Å²) in [7, 11) is 1.37. The van der Waals surface area contributed by atoms with Crippen LogP contribution in [0.5, 0.6) is 5.88 Å². The van der Waals surface area contributed by atoms with Crippen molar-refractivity contribution in [1.29, 1.82) is 0 Å². The molecule has 0 saturated heterocycles. The number of nitrogens with zero attached hydrogens (tertiary/aromatic N) is 2. The Balaban J connectivity index is 2.67. The van der Waals surface area contributed by atoms with Crippen molar-refractivity contribution in [2.45, 2.75) is 6.92 Å². The molecule has 0 unspecified atom stereocenters. The van der Waals surface area contributed by atoms with Gasteiger partial charge in [0.2, 0.25) is 5.88 Å². The zero-order valence-corrected chi connectivity index (χ0v) is 12.8. The summed E-state index contributed by atoms with van der Waals surface area (Å²) in [5.74, 6) is -0.490. The molecule has 1 heterocycles. The lowest BCUT2D eigenvalue weighted by atomic mass is 10.1. The lowest BCUT2D eigenvalue weighted by molar-refractivity contribution is -0.385. The Bertz CT molecular complexity index is 732. The molecule has 0 aliphatic carbocycles. The van der Waals surface area contributed by atoms with Crippen LogP contribution in [-0.4, -0.2) is 29.6 Å². The SMILES string of the molecule is CCOC(=O)c1cc2cc(Br)c([N+](=O)[O-])cc2nc1OC. The van der Waals surface area contributed by atoms with Crippen molar-refractivity contribution in [2.75, 3.05) is 13.7 Å². The van der Waals surface area contributed by atoms with Crippen LogP contribution < -0.4 is 4.74 Å². The molecule has 8 heteroatoms. The van der Waals surface area contributed by atoms with E-state index in [0.29, 0.717) is 15.4 Å². The van der Waals surface area contributed by atoms with Gasteiger partial charge in [-0.25, -0.2) is 9.78 Å². The van der Waals surface area contributed by atoms with E-state index in [1.54, 1.807) is 6.92 Å². The maximum atomic E-state index is 11.9. The highest BCUT2D eigenvalue weighted by atomic mass is 79.9. The average Bonchev–Trinajstić information content (AvgIpc) is 2.45. The second-order valence-electron chi connectivity index (χ2n) is 4.02. The molecule has 0 saturated carbocycles. The number of halogens is 1. The Morgan fingerprint density at radius 3 is 2.71 bits per heavy atom. The molecule has 0 fully saturated rings. The number of nitro groups is 1. The highest BCUT2D eigenvalue weighted by Crippen LogP contribution is 2.32. The van der Waals surface area contributed by atoms with E-state index in [-0.39, 0.29) is 23.7 Å². The van der Waals surface area contributed by atoms with E-state index in [2.05, 4.69) is 20.9 Å². The van der Waals surface area contributed by atoms with Crippen molar-refractivity contribution in [3.63, 3.8) is 0 Å². The summed E-state index contributed by atoms with van der Waals surface area (Å²) in [5, 5.41) is 11.5. The molecule has 0 amide bonds. The predicted octanol–water partition coefficient (Wildman–Crippen LogP) is 3.09. The molecule has 21 heavy (non-hydrogen) atoms. The van der Waals surface area contributed by atoms with Gasteiger partial charge in [-0.1, -0.05) is 0 Å². The molecule has 1 aromatic heterocycles. The fourth-order valence-electron chi connectivity index (χ4n) is 1.82. The van der Waals surface area contributed by atoms with Crippen LogP contribution in [-0.2, 0) is 4.74 Å². The molecule has 0 atom stereocenters. The highest BCUT2D eigenvalue weighted by Gasteiger charge is 2.19. The van der Waals surface area contributed by atoms with E-state index in [4.69, 9.17) is 9.47 Å². The minimum atomic E-state index is -0.557. The van der Waals surface area contributed by atoms with Gasteiger partial charge >= 0.3 is 5.97 Å². The predicted molar refractivity (Wildman–Crippen MR) is 78.6 cm³/mol. The minimum Gasteiger partial charge on any atom is -0.480 e. The molecule has 2 aromatic rings. The Morgan fingerprint density at radius 1 is 1.43 bits per heavy atom. The van der Waals surface area contributed by atoms with Gasteiger partial charge in [0.25, 0.3) is 5.69 Å². The van der Waals surface area contributed by atoms with E-state index in [1.807, 2.05) is 0 Å². The molecule has 0 aliphatic heterocycles. The molecular formula is C13H11BrN2O5.